The summed E-state index contributed by atoms with van der Waals surface area (Å²) in [6.07, 6.45) is 9.41. The number of carbonyl (C=O) groups is 1. The van der Waals surface area contributed by atoms with E-state index in [0.717, 1.165) is 31.9 Å². The minimum Gasteiger partial charge on any atom is -0.354 e. The Morgan fingerprint density at radius 3 is 3.23 bits per heavy atom. The van der Waals surface area contributed by atoms with Gasteiger partial charge in [-0.3, -0.25) is 14.4 Å². The SMILES string of the molecule is O=C(Cn1cccn1)NCC1CCCN(Cc2cnc[nH]2)C1. The molecular formula is C15H22N6O. The zero-order valence-corrected chi connectivity index (χ0v) is 12.6. The summed E-state index contributed by atoms with van der Waals surface area (Å²) in [5, 5.41) is 7.07. The molecule has 0 saturated carbocycles. The van der Waals surface area contributed by atoms with Gasteiger partial charge in [0.15, 0.2) is 0 Å². The quantitative estimate of drug-likeness (QED) is 0.820. The van der Waals surface area contributed by atoms with Crippen LogP contribution in [-0.4, -0.2) is 50.2 Å². The van der Waals surface area contributed by atoms with Gasteiger partial charge in [0.25, 0.3) is 0 Å². The summed E-state index contributed by atoms with van der Waals surface area (Å²) in [5.41, 5.74) is 1.14. The van der Waals surface area contributed by atoms with E-state index in [1.807, 2.05) is 12.3 Å². The molecule has 2 aromatic rings. The van der Waals surface area contributed by atoms with Gasteiger partial charge in [-0.2, -0.15) is 5.10 Å². The molecular weight excluding hydrogens is 280 g/mol. The number of hydrogen-bond acceptors (Lipinski definition) is 4. The van der Waals surface area contributed by atoms with Crippen LogP contribution < -0.4 is 5.32 Å². The first-order chi connectivity index (χ1) is 10.8. The predicted molar refractivity (Wildman–Crippen MR) is 81.8 cm³/mol. The van der Waals surface area contributed by atoms with Crippen molar-refractivity contribution in [3.63, 3.8) is 0 Å². The molecule has 0 aliphatic carbocycles. The highest BCUT2D eigenvalue weighted by Crippen LogP contribution is 2.17. The minimum atomic E-state index is 0.0226. The first-order valence-corrected chi connectivity index (χ1v) is 7.73. The zero-order valence-electron chi connectivity index (χ0n) is 12.6. The Labute approximate surface area is 129 Å². The summed E-state index contributed by atoms with van der Waals surface area (Å²) in [6.45, 7) is 4.05. The minimum absolute atomic E-state index is 0.0226. The lowest BCUT2D eigenvalue weighted by atomic mass is 9.98. The molecule has 0 bridgehead atoms. The Bertz CT molecular complexity index is 565. The number of aromatic amines is 1. The second kappa shape index (κ2) is 7.22. The molecule has 1 aliphatic rings. The Morgan fingerprint density at radius 1 is 1.50 bits per heavy atom. The largest absolute Gasteiger partial charge is 0.354 e. The number of amides is 1. The highest BCUT2D eigenvalue weighted by Gasteiger charge is 2.20. The van der Waals surface area contributed by atoms with E-state index < -0.39 is 0 Å². The van der Waals surface area contributed by atoms with Gasteiger partial charge in [-0.15, -0.1) is 0 Å². The van der Waals surface area contributed by atoms with E-state index in [0.29, 0.717) is 5.92 Å². The Morgan fingerprint density at radius 2 is 2.45 bits per heavy atom. The van der Waals surface area contributed by atoms with Crippen molar-refractivity contribution in [3.05, 3.63) is 36.7 Å². The maximum Gasteiger partial charge on any atom is 0.241 e. The van der Waals surface area contributed by atoms with Gasteiger partial charge in [-0.1, -0.05) is 0 Å². The second-order valence-corrected chi connectivity index (χ2v) is 5.83. The number of rotatable bonds is 6. The van der Waals surface area contributed by atoms with Crippen molar-refractivity contribution in [2.75, 3.05) is 19.6 Å². The summed E-state index contributed by atoms with van der Waals surface area (Å²) in [4.78, 5) is 21.5. The number of piperidine rings is 1. The van der Waals surface area contributed by atoms with Gasteiger partial charge in [0.1, 0.15) is 6.54 Å². The summed E-state index contributed by atoms with van der Waals surface area (Å²) in [7, 11) is 0. The fourth-order valence-corrected chi connectivity index (χ4v) is 2.93. The fourth-order valence-electron chi connectivity index (χ4n) is 2.93. The van der Waals surface area contributed by atoms with Gasteiger partial charge in [-0.05, 0) is 31.4 Å². The molecule has 0 spiro atoms. The molecule has 1 saturated heterocycles. The molecule has 2 aromatic heterocycles. The Hall–Kier alpha value is -2.15. The smallest absolute Gasteiger partial charge is 0.241 e. The molecule has 1 atom stereocenters. The van der Waals surface area contributed by atoms with Crippen LogP contribution in [0.5, 0.6) is 0 Å². The van der Waals surface area contributed by atoms with Crippen LogP contribution in [0.4, 0.5) is 0 Å². The molecule has 22 heavy (non-hydrogen) atoms. The molecule has 1 unspecified atom stereocenters. The topological polar surface area (TPSA) is 78.8 Å². The molecule has 0 aromatic carbocycles. The molecule has 2 N–H and O–H groups in total. The molecule has 118 valence electrons. The lowest BCUT2D eigenvalue weighted by Crippen LogP contribution is -2.41. The Balaban J connectivity index is 1.41. The molecule has 1 fully saturated rings. The standard InChI is InChI=1S/C15H22N6O/c22-15(11-21-6-2-4-19-21)17-7-13-3-1-5-20(9-13)10-14-8-16-12-18-14/h2,4,6,8,12-13H,1,3,5,7,9-11H2,(H,16,18)(H,17,22). The molecule has 3 rings (SSSR count). The molecule has 7 nitrogen and oxygen atoms in total. The van der Waals surface area contributed by atoms with E-state index in [1.54, 1.807) is 23.4 Å². The van der Waals surface area contributed by atoms with Crippen molar-refractivity contribution in [1.29, 1.82) is 0 Å². The van der Waals surface area contributed by atoms with E-state index in [4.69, 9.17) is 0 Å². The normalized spacial score (nSPS) is 19.2. The predicted octanol–water partition coefficient (Wildman–Crippen LogP) is 0.635. The van der Waals surface area contributed by atoms with Crippen molar-refractivity contribution >= 4 is 5.91 Å². The van der Waals surface area contributed by atoms with Crippen LogP contribution in [0.25, 0.3) is 0 Å². The number of nitrogens with one attached hydrogen (secondary N) is 2. The number of aromatic nitrogens is 4. The summed E-state index contributed by atoms with van der Waals surface area (Å²) in [6, 6.07) is 1.82. The van der Waals surface area contributed by atoms with Gasteiger partial charge in [0.05, 0.1) is 6.33 Å². The fraction of sp³-hybridized carbons (Fsp3) is 0.533. The monoisotopic (exact) mass is 302 g/mol. The summed E-state index contributed by atoms with van der Waals surface area (Å²) < 4.78 is 1.64. The summed E-state index contributed by atoms with van der Waals surface area (Å²) >= 11 is 0. The van der Waals surface area contributed by atoms with E-state index in [2.05, 4.69) is 25.3 Å². The maximum atomic E-state index is 11.9. The van der Waals surface area contributed by atoms with E-state index in [1.165, 1.54) is 12.8 Å². The molecule has 7 heteroatoms. The lowest BCUT2D eigenvalue weighted by Gasteiger charge is -2.32. The van der Waals surface area contributed by atoms with Crippen molar-refractivity contribution < 1.29 is 4.79 Å². The van der Waals surface area contributed by atoms with E-state index in [9.17, 15) is 4.79 Å². The number of H-pyrrole nitrogens is 1. The molecule has 3 heterocycles. The van der Waals surface area contributed by atoms with Gasteiger partial charge in [0.2, 0.25) is 5.91 Å². The number of nitrogens with zero attached hydrogens (tertiary/aromatic N) is 4. The third-order valence-corrected chi connectivity index (χ3v) is 4.00. The maximum absolute atomic E-state index is 11.9. The lowest BCUT2D eigenvalue weighted by molar-refractivity contribution is -0.122. The van der Waals surface area contributed by atoms with Crippen LogP contribution in [0.2, 0.25) is 0 Å². The van der Waals surface area contributed by atoms with Crippen molar-refractivity contribution in [3.8, 4) is 0 Å². The molecule has 1 aliphatic heterocycles. The second-order valence-electron chi connectivity index (χ2n) is 5.83. The van der Waals surface area contributed by atoms with Gasteiger partial charge >= 0.3 is 0 Å². The average Bonchev–Trinajstić information content (AvgIpc) is 3.19. The van der Waals surface area contributed by atoms with Gasteiger partial charge in [0, 0.05) is 43.9 Å². The van der Waals surface area contributed by atoms with Crippen LogP contribution in [-0.2, 0) is 17.9 Å². The van der Waals surface area contributed by atoms with Crippen LogP contribution >= 0.6 is 0 Å². The third kappa shape index (κ3) is 4.17. The van der Waals surface area contributed by atoms with E-state index >= 15 is 0 Å². The number of imidazole rings is 1. The number of carbonyl (C=O) groups excluding carboxylic acids is 1. The summed E-state index contributed by atoms with van der Waals surface area (Å²) in [5.74, 6) is 0.535. The van der Waals surface area contributed by atoms with Crippen LogP contribution in [0.1, 0.15) is 18.5 Å². The molecule has 1 amide bonds. The molecule has 0 radical (unpaired) electrons. The Kier molecular flexibility index (Phi) is 4.85. The average molecular weight is 302 g/mol. The van der Waals surface area contributed by atoms with Crippen molar-refractivity contribution in [1.82, 2.24) is 30.0 Å². The number of hydrogen-bond donors (Lipinski definition) is 2. The van der Waals surface area contributed by atoms with Crippen molar-refractivity contribution in [2.24, 2.45) is 5.92 Å². The highest BCUT2D eigenvalue weighted by molar-refractivity contribution is 5.75. The first-order valence-electron chi connectivity index (χ1n) is 7.73. The number of likely N-dealkylation sites (tertiary alicyclic amines) is 1. The van der Waals surface area contributed by atoms with Crippen LogP contribution in [0.15, 0.2) is 31.0 Å². The highest BCUT2D eigenvalue weighted by atomic mass is 16.2. The van der Waals surface area contributed by atoms with Gasteiger partial charge in [-0.25, -0.2) is 4.98 Å². The van der Waals surface area contributed by atoms with Crippen molar-refractivity contribution in [2.45, 2.75) is 25.9 Å². The van der Waals surface area contributed by atoms with Gasteiger partial charge < -0.3 is 10.3 Å². The van der Waals surface area contributed by atoms with Crippen LogP contribution in [0.3, 0.4) is 0 Å². The zero-order chi connectivity index (χ0) is 15.2. The van der Waals surface area contributed by atoms with E-state index in [-0.39, 0.29) is 12.5 Å². The third-order valence-electron chi connectivity index (χ3n) is 4.00. The first kappa shape index (κ1) is 14.8. The van der Waals surface area contributed by atoms with Crippen LogP contribution in [0, 0.1) is 5.92 Å².